The topological polar surface area (TPSA) is 50.7 Å². The van der Waals surface area contributed by atoms with Gasteiger partial charge < -0.3 is 5.32 Å². The molecule has 0 saturated heterocycles. The number of aromatic nitrogens is 3. The molecule has 1 N–H and O–H groups in total. The van der Waals surface area contributed by atoms with Crippen LogP contribution in [0.25, 0.3) is 10.7 Å². The predicted molar refractivity (Wildman–Crippen MR) is 72.9 cm³/mol. The molecule has 1 saturated carbocycles. The minimum Gasteiger partial charge on any atom is -0.314 e. The lowest BCUT2D eigenvalue weighted by Gasteiger charge is -1.97. The largest absolute Gasteiger partial charge is 0.314 e. The fourth-order valence-corrected chi connectivity index (χ4v) is 2.56. The zero-order valence-electron chi connectivity index (χ0n) is 9.77. The molecular formula is C12H13ClN4S. The summed E-state index contributed by atoms with van der Waals surface area (Å²) < 4.78 is 0. The highest BCUT2D eigenvalue weighted by Gasteiger charge is 2.19. The summed E-state index contributed by atoms with van der Waals surface area (Å²) in [5.74, 6) is 0. The smallest absolute Gasteiger partial charge is 0.166 e. The lowest BCUT2D eigenvalue weighted by molar-refractivity contribution is 0.677. The molecule has 0 aliphatic heterocycles. The van der Waals surface area contributed by atoms with Crippen LogP contribution in [0.5, 0.6) is 0 Å². The maximum Gasteiger partial charge on any atom is 0.166 e. The average molecular weight is 281 g/mol. The van der Waals surface area contributed by atoms with E-state index in [-0.39, 0.29) is 0 Å². The van der Waals surface area contributed by atoms with Crippen molar-refractivity contribution >= 4 is 22.9 Å². The van der Waals surface area contributed by atoms with Crippen LogP contribution in [-0.2, 0) is 6.42 Å². The summed E-state index contributed by atoms with van der Waals surface area (Å²) in [5, 5.41) is 14.4. The van der Waals surface area contributed by atoms with Gasteiger partial charge in [-0.15, -0.1) is 10.2 Å². The van der Waals surface area contributed by atoms with Gasteiger partial charge in [0.05, 0.1) is 5.02 Å². The monoisotopic (exact) mass is 280 g/mol. The Hall–Kier alpha value is -1.04. The van der Waals surface area contributed by atoms with E-state index in [9.17, 15) is 0 Å². The fraction of sp³-hybridized carbons (Fsp3) is 0.417. The lowest BCUT2D eigenvalue weighted by Crippen LogP contribution is -2.19. The van der Waals surface area contributed by atoms with E-state index in [1.54, 1.807) is 17.5 Å². The molecule has 0 amide bonds. The summed E-state index contributed by atoms with van der Waals surface area (Å²) in [6.45, 7) is 0.980. The van der Waals surface area contributed by atoms with Crippen LogP contribution >= 0.6 is 22.9 Å². The Kier molecular flexibility index (Phi) is 3.54. The van der Waals surface area contributed by atoms with Crippen molar-refractivity contribution in [3.63, 3.8) is 0 Å². The maximum absolute atomic E-state index is 5.80. The predicted octanol–water partition coefficient (Wildman–Crippen LogP) is 2.55. The van der Waals surface area contributed by atoms with Crippen LogP contribution in [0.15, 0.2) is 18.3 Å². The van der Waals surface area contributed by atoms with Crippen LogP contribution in [0.3, 0.4) is 0 Å². The molecule has 2 heterocycles. The van der Waals surface area contributed by atoms with Gasteiger partial charge in [-0.3, -0.25) is 4.98 Å². The summed E-state index contributed by atoms with van der Waals surface area (Å²) in [7, 11) is 0. The highest BCUT2D eigenvalue weighted by atomic mass is 35.5. The molecular weight excluding hydrogens is 268 g/mol. The Morgan fingerprint density at radius 3 is 2.94 bits per heavy atom. The van der Waals surface area contributed by atoms with Gasteiger partial charge in [0, 0.05) is 25.2 Å². The Labute approximate surface area is 114 Å². The van der Waals surface area contributed by atoms with E-state index >= 15 is 0 Å². The zero-order chi connectivity index (χ0) is 12.4. The van der Waals surface area contributed by atoms with Crippen molar-refractivity contribution < 1.29 is 0 Å². The standard InChI is InChI=1S/C12H13ClN4S/c13-8-1-4-10(15-7-8)12-17-16-11(18-12)5-6-14-9-2-3-9/h1,4,7,9,14H,2-3,5-6H2. The minimum absolute atomic E-state index is 0.636. The molecule has 0 unspecified atom stereocenters. The molecule has 18 heavy (non-hydrogen) atoms. The van der Waals surface area contributed by atoms with Gasteiger partial charge in [0.2, 0.25) is 0 Å². The second-order valence-corrected chi connectivity index (χ2v) is 5.84. The molecule has 2 aromatic rings. The Morgan fingerprint density at radius 1 is 1.33 bits per heavy atom. The Morgan fingerprint density at radius 2 is 2.22 bits per heavy atom. The van der Waals surface area contributed by atoms with Crippen LogP contribution in [0.2, 0.25) is 5.02 Å². The summed E-state index contributed by atoms with van der Waals surface area (Å²) in [6.07, 6.45) is 5.19. The number of rotatable bonds is 5. The van der Waals surface area contributed by atoms with Gasteiger partial charge in [-0.25, -0.2) is 0 Å². The third-order valence-electron chi connectivity index (χ3n) is 2.76. The molecule has 0 atom stereocenters. The quantitative estimate of drug-likeness (QED) is 0.914. The third-order valence-corrected chi connectivity index (χ3v) is 3.99. The first-order valence-electron chi connectivity index (χ1n) is 5.99. The van der Waals surface area contributed by atoms with E-state index in [4.69, 9.17) is 11.6 Å². The number of nitrogens with one attached hydrogen (secondary N) is 1. The molecule has 0 aromatic carbocycles. The number of nitrogens with zero attached hydrogens (tertiary/aromatic N) is 3. The van der Waals surface area contributed by atoms with Gasteiger partial charge in [-0.05, 0) is 25.0 Å². The molecule has 4 nitrogen and oxygen atoms in total. The third kappa shape index (κ3) is 3.04. The van der Waals surface area contributed by atoms with Crippen molar-refractivity contribution in [2.45, 2.75) is 25.3 Å². The number of hydrogen-bond acceptors (Lipinski definition) is 5. The van der Waals surface area contributed by atoms with Gasteiger partial charge in [-0.1, -0.05) is 22.9 Å². The van der Waals surface area contributed by atoms with Crippen molar-refractivity contribution in [3.05, 3.63) is 28.4 Å². The molecule has 0 radical (unpaired) electrons. The van der Waals surface area contributed by atoms with Crippen molar-refractivity contribution in [3.8, 4) is 10.7 Å². The van der Waals surface area contributed by atoms with Gasteiger partial charge >= 0.3 is 0 Å². The first-order valence-corrected chi connectivity index (χ1v) is 7.18. The van der Waals surface area contributed by atoms with E-state index in [1.807, 2.05) is 12.1 Å². The van der Waals surface area contributed by atoms with Crippen LogP contribution in [0.4, 0.5) is 0 Å². The SMILES string of the molecule is Clc1ccc(-c2nnc(CCNC3CC3)s2)nc1. The van der Waals surface area contributed by atoms with Gasteiger partial charge in [0.15, 0.2) is 5.01 Å². The first kappa shape index (κ1) is 12.0. The molecule has 3 rings (SSSR count). The van der Waals surface area contributed by atoms with Crippen molar-refractivity contribution in [1.82, 2.24) is 20.5 Å². The Bertz CT molecular complexity index is 521. The van der Waals surface area contributed by atoms with E-state index in [1.165, 1.54) is 12.8 Å². The second-order valence-electron chi connectivity index (χ2n) is 4.34. The van der Waals surface area contributed by atoms with Crippen molar-refractivity contribution in [2.75, 3.05) is 6.54 Å². The van der Waals surface area contributed by atoms with Crippen molar-refractivity contribution in [2.24, 2.45) is 0 Å². The van der Waals surface area contributed by atoms with E-state index < -0.39 is 0 Å². The number of pyridine rings is 1. The van der Waals surface area contributed by atoms with E-state index in [0.29, 0.717) is 5.02 Å². The highest BCUT2D eigenvalue weighted by molar-refractivity contribution is 7.14. The highest BCUT2D eigenvalue weighted by Crippen LogP contribution is 2.23. The average Bonchev–Trinajstić information content (AvgIpc) is 3.08. The number of hydrogen-bond donors (Lipinski definition) is 1. The van der Waals surface area contributed by atoms with Crippen molar-refractivity contribution in [1.29, 1.82) is 0 Å². The van der Waals surface area contributed by atoms with Gasteiger partial charge in [0.1, 0.15) is 10.7 Å². The lowest BCUT2D eigenvalue weighted by atomic mass is 10.4. The van der Waals surface area contributed by atoms with E-state index in [2.05, 4.69) is 20.5 Å². The van der Waals surface area contributed by atoms with Crippen LogP contribution in [0.1, 0.15) is 17.8 Å². The molecule has 1 aliphatic carbocycles. The second kappa shape index (κ2) is 5.30. The van der Waals surface area contributed by atoms with Crippen LogP contribution in [0, 0.1) is 0 Å². The maximum atomic E-state index is 5.80. The molecule has 1 fully saturated rings. The fourth-order valence-electron chi connectivity index (χ4n) is 1.63. The van der Waals surface area contributed by atoms with Gasteiger partial charge in [0.25, 0.3) is 0 Å². The van der Waals surface area contributed by atoms with Crippen LogP contribution < -0.4 is 5.32 Å². The summed E-state index contributed by atoms with van der Waals surface area (Å²) in [5.41, 5.74) is 0.832. The molecule has 0 spiro atoms. The van der Waals surface area contributed by atoms with Crippen LogP contribution in [-0.4, -0.2) is 27.8 Å². The minimum atomic E-state index is 0.636. The molecule has 2 aromatic heterocycles. The van der Waals surface area contributed by atoms with E-state index in [0.717, 1.165) is 34.7 Å². The summed E-state index contributed by atoms with van der Waals surface area (Å²) >= 11 is 7.40. The molecule has 1 aliphatic rings. The summed E-state index contributed by atoms with van der Waals surface area (Å²) in [4.78, 5) is 4.24. The number of halogens is 1. The molecule has 94 valence electrons. The summed E-state index contributed by atoms with van der Waals surface area (Å²) in [6, 6.07) is 4.43. The normalized spacial score (nSPS) is 14.9. The first-order chi connectivity index (χ1) is 8.81. The van der Waals surface area contributed by atoms with Gasteiger partial charge in [-0.2, -0.15) is 0 Å². The Balaban J connectivity index is 1.62. The zero-order valence-corrected chi connectivity index (χ0v) is 11.3. The molecule has 0 bridgehead atoms. The molecule has 6 heteroatoms.